The van der Waals surface area contributed by atoms with Crippen LogP contribution >= 0.6 is 0 Å². The molecular formula is C12H20N2. The molecular weight excluding hydrogens is 172 g/mol. The lowest BCUT2D eigenvalue weighted by atomic mass is 9.90. The van der Waals surface area contributed by atoms with Crippen LogP contribution in [0.2, 0.25) is 0 Å². The smallest absolute Gasteiger partial charge is 0.0868 e. The van der Waals surface area contributed by atoms with Crippen molar-refractivity contribution >= 4 is 0 Å². The molecule has 0 saturated heterocycles. The van der Waals surface area contributed by atoms with Crippen LogP contribution in [0.3, 0.4) is 0 Å². The lowest BCUT2D eigenvalue weighted by Gasteiger charge is -2.30. The molecule has 78 valence electrons. The van der Waals surface area contributed by atoms with Gasteiger partial charge in [0.1, 0.15) is 0 Å². The first kappa shape index (κ1) is 11.3. The van der Waals surface area contributed by atoms with E-state index in [4.69, 9.17) is 5.26 Å². The van der Waals surface area contributed by atoms with Crippen LogP contribution in [0.4, 0.5) is 0 Å². The van der Waals surface area contributed by atoms with Crippen LogP contribution in [-0.2, 0) is 0 Å². The van der Waals surface area contributed by atoms with Gasteiger partial charge in [0, 0.05) is 13.1 Å². The van der Waals surface area contributed by atoms with Crippen LogP contribution < -0.4 is 0 Å². The lowest BCUT2D eigenvalue weighted by molar-refractivity contribution is 0.305. The van der Waals surface area contributed by atoms with E-state index in [-0.39, 0.29) is 0 Å². The summed E-state index contributed by atoms with van der Waals surface area (Å²) >= 11 is 0. The van der Waals surface area contributed by atoms with E-state index in [9.17, 15) is 0 Å². The summed E-state index contributed by atoms with van der Waals surface area (Å²) in [6.45, 7) is 9.38. The van der Waals surface area contributed by atoms with Gasteiger partial charge in [-0.2, -0.15) is 5.26 Å². The molecule has 2 heteroatoms. The van der Waals surface area contributed by atoms with Crippen LogP contribution in [0, 0.1) is 17.2 Å². The number of hydrogen-bond acceptors (Lipinski definition) is 2. The van der Waals surface area contributed by atoms with Crippen molar-refractivity contribution in [3.63, 3.8) is 0 Å². The van der Waals surface area contributed by atoms with Crippen LogP contribution in [0.1, 0.15) is 33.6 Å². The molecule has 1 aliphatic rings. The van der Waals surface area contributed by atoms with E-state index in [2.05, 4.69) is 31.7 Å². The Bertz CT molecular complexity index is 258. The van der Waals surface area contributed by atoms with Gasteiger partial charge in [-0.05, 0) is 18.8 Å². The average Bonchev–Trinajstić information content (AvgIpc) is 2.18. The molecule has 0 aromatic heterocycles. The lowest BCUT2D eigenvalue weighted by Crippen LogP contribution is -2.33. The predicted octanol–water partition coefficient (Wildman–Crippen LogP) is 2.58. The van der Waals surface area contributed by atoms with E-state index < -0.39 is 0 Å². The largest absolute Gasteiger partial charge is 0.286 e. The molecule has 0 spiro atoms. The molecule has 0 fully saturated rings. The van der Waals surface area contributed by atoms with Gasteiger partial charge in [-0.3, -0.25) is 4.90 Å². The number of nitrogens with zero attached hydrogens (tertiary/aromatic N) is 2. The molecule has 0 unspecified atom stereocenters. The molecule has 1 aliphatic heterocycles. The Morgan fingerprint density at radius 2 is 2.21 bits per heavy atom. The highest BCUT2D eigenvalue weighted by Gasteiger charge is 2.19. The first-order chi connectivity index (χ1) is 6.69. The molecule has 14 heavy (non-hydrogen) atoms. The monoisotopic (exact) mass is 192 g/mol. The average molecular weight is 192 g/mol. The third-order valence-electron chi connectivity index (χ3n) is 3.00. The van der Waals surface area contributed by atoms with Crippen LogP contribution in [0.5, 0.6) is 0 Å². The Balaban J connectivity index is 2.72. The maximum absolute atomic E-state index is 8.66. The molecule has 1 heterocycles. The van der Waals surface area contributed by atoms with E-state index in [0.29, 0.717) is 12.5 Å². The highest BCUT2D eigenvalue weighted by molar-refractivity contribution is 5.21. The number of hydrogen-bond donors (Lipinski definition) is 0. The van der Waals surface area contributed by atoms with Gasteiger partial charge >= 0.3 is 0 Å². The summed E-state index contributed by atoms with van der Waals surface area (Å²) in [5, 5.41) is 8.66. The fourth-order valence-electron chi connectivity index (χ4n) is 2.12. The molecule has 0 amide bonds. The maximum Gasteiger partial charge on any atom is 0.0868 e. The molecule has 0 bridgehead atoms. The van der Waals surface area contributed by atoms with Crippen LogP contribution in [0.15, 0.2) is 11.1 Å². The zero-order valence-electron chi connectivity index (χ0n) is 9.51. The SMILES string of the molecule is CCC1=C(C(C)C)CN(CC#N)CC1. The van der Waals surface area contributed by atoms with Crippen molar-refractivity contribution in [3.05, 3.63) is 11.1 Å². The zero-order valence-corrected chi connectivity index (χ0v) is 9.51. The van der Waals surface area contributed by atoms with Gasteiger partial charge < -0.3 is 0 Å². The topological polar surface area (TPSA) is 27.0 Å². The number of nitriles is 1. The van der Waals surface area contributed by atoms with E-state index >= 15 is 0 Å². The molecule has 1 rings (SSSR count). The van der Waals surface area contributed by atoms with Crippen LogP contribution in [0.25, 0.3) is 0 Å². The maximum atomic E-state index is 8.66. The molecule has 0 aromatic rings. The molecule has 0 radical (unpaired) electrons. The van der Waals surface area contributed by atoms with E-state index in [0.717, 1.165) is 19.5 Å². The first-order valence-corrected chi connectivity index (χ1v) is 5.49. The van der Waals surface area contributed by atoms with Crippen molar-refractivity contribution in [2.45, 2.75) is 33.6 Å². The molecule has 2 nitrogen and oxygen atoms in total. The fourth-order valence-corrected chi connectivity index (χ4v) is 2.12. The third-order valence-corrected chi connectivity index (χ3v) is 3.00. The summed E-state index contributed by atoms with van der Waals surface area (Å²) in [5.41, 5.74) is 3.18. The standard InChI is InChI=1S/C12H20N2/c1-4-11-5-7-14(8-6-13)9-12(11)10(2)3/h10H,4-5,7-9H2,1-3H3. The Hall–Kier alpha value is -0.810. The van der Waals surface area contributed by atoms with Crippen molar-refractivity contribution in [1.29, 1.82) is 5.26 Å². The summed E-state index contributed by atoms with van der Waals surface area (Å²) in [6, 6.07) is 2.23. The Morgan fingerprint density at radius 1 is 1.50 bits per heavy atom. The second-order valence-electron chi connectivity index (χ2n) is 4.26. The van der Waals surface area contributed by atoms with Gasteiger partial charge in [-0.1, -0.05) is 31.9 Å². The fraction of sp³-hybridized carbons (Fsp3) is 0.750. The van der Waals surface area contributed by atoms with Crippen molar-refractivity contribution in [3.8, 4) is 6.07 Å². The van der Waals surface area contributed by atoms with Crippen molar-refractivity contribution < 1.29 is 0 Å². The minimum absolute atomic E-state index is 0.577. The Labute approximate surface area is 87.2 Å². The summed E-state index contributed by atoms with van der Waals surface area (Å²) in [4.78, 5) is 2.24. The second kappa shape index (κ2) is 5.17. The Morgan fingerprint density at radius 3 is 2.71 bits per heavy atom. The van der Waals surface area contributed by atoms with Gasteiger partial charge in [0.2, 0.25) is 0 Å². The summed E-state index contributed by atoms with van der Waals surface area (Å²) in [6.07, 6.45) is 2.33. The van der Waals surface area contributed by atoms with Crippen LogP contribution in [-0.4, -0.2) is 24.5 Å². The second-order valence-corrected chi connectivity index (χ2v) is 4.26. The summed E-state index contributed by atoms with van der Waals surface area (Å²) in [5.74, 6) is 0.631. The van der Waals surface area contributed by atoms with Gasteiger partial charge in [0.05, 0.1) is 12.6 Å². The first-order valence-electron chi connectivity index (χ1n) is 5.49. The quantitative estimate of drug-likeness (QED) is 0.507. The van der Waals surface area contributed by atoms with Gasteiger partial charge in [-0.25, -0.2) is 0 Å². The van der Waals surface area contributed by atoms with E-state index in [1.165, 1.54) is 6.42 Å². The minimum Gasteiger partial charge on any atom is -0.286 e. The predicted molar refractivity (Wildman–Crippen MR) is 58.8 cm³/mol. The summed E-state index contributed by atoms with van der Waals surface area (Å²) < 4.78 is 0. The highest BCUT2D eigenvalue weighted by atomic mass is 15.1. The van der Waals surface area contributed by atoms with Crippen molar-refractivity contribution in [2.24, 2.45) is 5.92 Å². The molecule has 0 N–H and O–H groups in total. The van der Waals surface area contributed by atoms with Gasteiger partial charge in [0.25, 0.3) is 0 Å². The molecule has 0 aromatic carbocycles. The molecule has 0 atom stereocenters. The van der Waals surface area contributed by atoms with Gasteiger partial charge in [0.15, 0.2) is 0 Å². The van der Waals surface area contributed by atoms with Gasteiger partial charge in [-0.15, -0.1) is 0 Å². The minimum atomic E-state index is 0.577. The van der Waals surface area contributed by atoms with Crippen molar-refractivity contribution in [2.75, 3.05) is 19.6 Å². The summed E-state index contributed by atoms with van der Waals surface area (Å²) in [7, 11) is 0. The zero-order chi connectivity index (χ0) is 10.6. The van der Waals surface area contributed by atoms with E-state index in [1.54, 1.807) is 11.1 Å². The molecule has 0 aliphatic carbocycles. The van der Waals surface area contributed by atoms with E-state index in [1.807, 2.05) is 0 Å². The van der Waals surface area contributed by atoms with Crippen molar-refractivity contribution in [1.82, 2.24) is 4.90 Å². The third kappa shape index (κ3) is 2.59. The normalized spacial score (nSPS) is 18.8. The highest BCUT2D eigenvalue weighted by Crippen LogP contribution is 2.25. The molecule has 0 saturated carbocycles. The Kier molecular flexibility index (Phi) is 4.16. The number of rotatable bonds is 3.